The predicted molar refractivity (Wildman–Crippen MR) is 99.1 cm³/mol. The molecule has 1 N–H and O–H groups in total. The highest BCUT2D eigenvalue weighted by Gasteiger charge is 2.29. The molecule has 6 heteroatoms. The Labute approximate surface area is 150 Å². The summed E-state index contributed by atoms with van der Waals surface area (Å²) in [5, 5.41) is 3.03. The largest absolute Gasteiger partial charge is 0.378 e. The molecule has 2 fully saturated rings. The van der Waals surface area contributed by atoms with E-state index in [0.717, 1.165) is 45.1 Å². The van der Waals surface area contributed by atoms with Crippen molar-refractivity contribution in [1.29, 1.82) is 0 Å². The molecule has 1 amide bonds. The van der Waals surface area contributed by atoms with Crippen LogP contribution in [-0.2, 0) is 14.3 Å². The van der Waals surface area contributed by atoms with Crippen LogP contribution in [0.5, 0.6) is 0 Å². The number of carbonyl (C=O) groups excluding carboxylic acids is 1. The molecule has 0 spiro atoms. The maximum Gasteiger partial charge on any atom is 0.241 e. The molecule has 0 aliphatic carbocycles. The number of hydrogen-bond donors (Lipinski definition) is 1. The summed E-state index contributed by atoms with van der Waals surface area (Å²) in [6.45, 7) is 11.0. The molecule has 2 saturated heterocycles. The number of carbonyl (C=O) groups is 1. The molecule has 0 bridgehead atoms. The van der Waals surface area contributed by atoms with Crippen molar-refractivity contribution in [1.82, 2.24) is 4.90 Å². The molecular formula is C19H29N3O3. The summed E-state index contributed by atoms with van der Waals surface area (Å²) in [5.74, 6) is 0.0282. The van der Waals surface area contributed by atoms with Gasteiger partial charge in [0.15, 0.2) is 0 Å². The van der Waals surface area contributed by atoms with Gasteiger partial charge in [0, 0.05) is 37.6 Å². The van der Waals surface area contributed by atoms with Gasteiger partial charge in [0.1, 0.15) is 0 Å². The maximum absolute atomic E-state index is 12.6. The van der Waals surface area contributed by atoms with Crippen LogP contribution in [-0.4, -0.2) is 68.4 Å². The van der Waals surface area contributed by atoms with E-state index in [1.54, 1.807) is 0 Å². The van der Waals surface area contributed by atoms with E-state index in [1.165, 1.54) is 5.69 Å². The van der Waals surface area contributed by atoms with Crippen LogP contribution in [0.3, 0.4) is 0 Å². The summed E-state index contributed by atoms with van der Waals surface area (Å²) in [5.41, 5.74) is 2.01. The van der Waals surface area contributed by atoms with Gasteiger partial charge >= 0.3 is 0 Å². The molecular weight excluding hydrogens is 318 g/mol. The van der Waals surface area contributed by atoms with Crippen molar-refractivity contribution in [3.05, 3.63) is 24.3 Å². The minimum atomic E-state index is -0.173. The lowest BCUT2D eigenvalue weighted by Crippen LogP contribution is -2.52. The Kier molecular flexibility index (Phi) is 5.93. The van der Waals surface area contributed by atoms with E-state index >= 15 is 0 Å². The van der Waals surface area contributed by atoms with Gasteiger partial charge < -0.3 is 19.7 Å². The van der Waals surface area contributed by atoms with Gasteiger partial charge in [0.2, 0.25) is 5.91 Å². The molecule has 1 aromatic rings. The first kappa shape index (κ1) is 18.2. The van der Waals surface area contributed by atoms with E-state index in [2.05, 4.69) is 41.1 Å². The third-order valence-corrected chi connectivity index (χ3v) is 4.89. The Hall–Kier alpha value is -1.63. The quantitative estimate of drug-likeness (QED) is 0.902. The van der Waals surface area contributed by atoms with E-state index in [1.807, 2.05) is 19.1 Å². The highest BCUT2D eigenvalue weighted by Crippen LogP contribution is 2.20. The van der Waals surface area contributed by atoms with Gasteiger partial charge in [0.25, 0.3) is 0 Å². The summed E-state index contributed by atoms with van der Waals surface area (Å²) in [4.78, 5) is 17.1. The Balaban J connectivity index is 1.56. The fourth-order valence-corrected chi connectivity index (χ4v) is 3.52. The molecule has 1 aromatic carbocycles. The van der Waals surface area contributed by atoms with E-state index in [9.17, 15) is 4.79 Å². The third-order valence-electron chi connectivity index (χ3n) is 4.89. The van der Waals surface area contributed by atoms with Gasteiger partial charge in [-0.2, -0.15) is 0 Å². The normalized spacial score (nSPS) is 26.3. The van der Waals surface area contributed by atoms with Crippen LogP contribution in [0, 0.1) is 0 Å². The summed E-state index contributed by atoms with van der Waals surface area (Å²) in [6.07, 6.45) is 0.318. The van der Waals surface area contributed by atoms with Crippen LogP contribution in [0.15, 0.2) is 24.3 Å². The van der Waals surface area contributed by atoms with Crippen molar-refractivity contribution in [2.45, 2.75) is 39.0 Å². The molecule has 0 saturated carbocycles. The monoisotopic (exact) mass is 347 g/mol. The first-order chi connectivity index (χ1) is 12.0. The lowest BCUT2D eigenvalue weighted by Gasteiger charge is -2.38. The van der Waals surface area contributed by atoms with Crippen LogP contribution >= 0.6 is 0 Å². The predicted octanol–water partition coefficient (Wildman–Crippen LogP) is 1.96. The second-order valence-corrected chi connectivity index (χ2v) is 7.02. The highest BCUT2D eigenvalue weighted by molar-refractivity contribution is 5.94. The van der Waals surface area contributed by atoms with Gasteiger partial charge in [0.05, 0.1) is 31.5 Å². The van der Waals surface area contributed by atoms with Crippen LogP contribution in [0.4, 0.5) is 11.4 Å². The lowest BCUT2D eigenvalue weighted by atomic mass is 10.1. The van der Waals surface area contributed by atoms with Crippen molar-refractivity contribution in [2.24, 2.45) is 0 Å². The Morgan fingerprint density at radius 2 is 1.72 bits per heavy atom. The molecule has 3 unspecified atom stereocenters. The SMILES string of the molecule is CC1CN(C(C)C(=O)Nc2ccc(N3CCOCC3)cc2)CC(C)O1. The number of ether oxygens (including phenoxy) is 2. The van der Waals surface area contributed by atoms with Gasteiger partial charge in [-0.3, -0.25) is 9.69 Å². The van der Waals surface area contributed by atoms with Crippen LogP contribution in [0.1, 0.15) is 20.8 Å². The summed E-state index contributed by atoms with van der Waals surface area (Å²) >= 11 is 0. The maximum atomic E-state index is 12.6. The first-order valence-electron chi connectivity index (χ1n) is 9.16. The Morgan fingerprint density at radius 3 is 2.32 bits per heavy atom. The summed E-state index contributed by atoms with van der Waals surface area (Å²) < 4.78 is 11.1. The average Bonchev–Trinajstić information content (AvgIpc) is 2.61. The van der Waals surface area contributed by atoms with Crippen molar-refractivity contribution < 1.29 is 14.3 Å². The molecule has 0 aromatic heterocycles. The van der Waals surface area contributed by atoms with Crippen LogP contribution in [0.25, 0.3) is 0 Å². The molecule has 138 valence electrons. The van der Waals surface area contributed by atoms with E-state index in [0.29, 0.717) is 0 Å². The number of hydrogen-bond acceptors (Lipinski definition) is 5. The van der Waals surface area contributed by atoms with Gasteiger partial charge in [-0.15, -0.1) is 0 Å². The first-order valence-corrected chi connectivity index (χ1v) is 9.16. The zero-order valence-corrected chi connectivity index (χ0v) is 15.4. The van der Waals surface area contributed by atoms with E-state index in [-0.39, 0.29) is 24.2 Å². The van der Waals surface area contributed by atoms with Gasteiger partial charge in [-0.05, 0) is 45.0 Å². The molecule has 3 rings (SSSR count). The van der Waals surface area contributed by atoms with E-state index in [4.69, 9.17) is 9.47 Å². The molecule has 6 nitrogen and oxygen atoms in total. The molecule has 3 atom stereocenters. The fourth-order valence-electron chi connectivity index (χ4n) is 3.52. The zero-order chi connectivity index (χ0) is 17.8. The number of rotatable bonds is 4. The van der Waals surface area contributed by atoms with Crippen molar-refractivity contribution in [3.63, 3.8) is 0 Å². The fraction of sp³-hybridized carbons (Fsp3) is 0.632. The molecule has 25 heavy (non-hydrogen) atoms. The van der Waals surface area contributed by atoms with Crippen molar-refractivity contribution in [2.75, 3.05) is 49.6 Å². The zero-order valence-electron chi connectivity index (χ0n) is 15.4. The van der Waals surface area contributed by atoms with Gasteiger partial charge in [-0.25, -0.2) is 0 Å². The third kappa shape index (κ3) is 4.71. The number of nitrogens with zero attached hydrogens (tertiary/aromatic N) is 2. The summed E-state index contributed by atoms with van der Waals surface area (Å²) in [7, 11) is 0. The highest BCUT2D eigenvalue weighted by atomic mass is 16.5. The molecule has 2 aliphatic rings. The number of benzene rings is 1. The van der Waals surface area contributed by atoms with E-state index < -0.39 is 0 Å². The van der Waals surface area contributed by atoms with Crippen LogP contribution < -0.4 is 10.2 Å². The summed E-state index contributed by atoms with van der Waals surface area (Å²) in [6, 6.07) is 7.89. The van der Waals surface area contributed by atoms with Crippen LogP contribution in [0.2, 0.25) is 0 Å². The molecule has 0 radical (unpaired) electrons. The number of morpholine rings is 2. The minimum Gasteiger partial charge on any atom is -0.378 e. The number of amides is 1. The Morgan fingerprint density at radius 1 is 1.12 bits per heavy atom. The lowest BCUT2D eigenvalue weighted by molar-refractivity contribution is -0.126. The van der Waals surface area contributed by atoms with Gasteiger partial charge in [-0.1, -0.05) is 0 Å². The number of nitrogens with one attached hydrogen (secondary N) is 1. The molecule has 2 heterocycles. The molecule has 2 aliphatic heterocycles. The second-order valence-electron chi connectivity index (χ2n) is 7.02. The average molecular weight is 347 g/mol. The standard InChI is InChI=1S/C19H29N3O3/c1-14-12-22(13-15(2)25-14)16(3)19(23)20-17-4-6-18(7-5-17)21-8-10-24-11-9-21/h4-7,14-16H,8-13H2,1-3H3,(H,20,23). The Bertz CT molecular complexity index is 562. The minimum absolute atomic E-state index is 0.0282. The smallest absolute Gasteiger partial charge is 0.241 e. The van der Waals surface area contributed by atoms with Crippen molar-refractivity contribution >= 4 is 17.3 Å². The van der Waals surface area contributed by atoms with Crippen molar-refractivity contribution in [3.8, 4) is 0 Å². The number of anilines is 2. The second kappa shape index (κ2) is 8.17. The topological polar surface area (TPSA) is 54.0 Å².